The second-order valence-corrected chi connectivity index (χ2v) is 3.81. The second-order valence-electron chi connectivity index (χ2n) is 2.06. The Morgan fingerprint density at radius 3 is 2.92 bits per heavy atom. The van der Waals surface area contributed by atoms with Gasteiger partial charge in [0.05, 0.1) is 10.4 Å². The van der Waals surface area contributed by atoms with Crippen LogP contribution < -0.4 is 0 Å². The maximum absolute atomic E-state index is 10.3. The standard InChI is InChI=1S/C7H4N2OS2/c10-2-5-3-11-7(9-5)6-1-8-4-12-6/h1-4H. The molecule has 0 bridgehead atoms. The van der Waals surface area contributed by atoms with Gasteiger partial charge in [-0.2, -0.15) is 0 Å². The van der Waals surface area contributed by atoms with E-state index in [1.165, 1.54) is 22.7 Å². The fourth-order valence-corrected chi connectivity index (χ4v) is 2.23. The number of rotatable bonds is 2. The largest absolute Gasteiger partial charge is 0.296 e. The summed E-state index contributed by atoms with van der Waals surface area (Å²) in [5, 5.41) is 2.60. The van der Waals surface area contributed by atoms with Gasteiger partial charge in [-0.05, 0) is 0 Å². The lowest BCUT2D eigenvalue weighted by Gasteiger charge is -1.83. The molecule has 0 aliphatic heterocycles. The van der Waals surface area contributed by atoms with E-state index in [-0.39, 0.29) is 0 Å². The molecule has 3 nitrogen and oxygen atoms in total. The highest BCUT2D eigenvalue weighted by Crippen LogP contribution is 2.25. The van der Waals surface area contributed by atoms with E-state index in [1.807, 2.05) is 0 Å². The maximum atomic E-state index is 10.3. The van der Waals surface area contributed by atoms with Crippen LogP contribution in [0.1, 0.15) is 10.5 Å². The number of carbonyl (C=O) groups is 1. The number of thiazole rings is 2. The second kappa shape index (κ2) is 3.12. The van der Waals surface area contributed by atoms with Gasteiger partial charge < -0.3 is 0 Å². The van der Waals surface area contributed by atoms with Crippen LogP contribution in [0.2, 0.25) is 0 Å². The SMILES string of the molecule is O=Cc1csc(-c2cncs2)n1. The van der Waals surface area contributed by atoms with E-state index in [0.717, 1.165) is 16.2 Å². The van der Waals surface area contributed by atoms with Gasteiger partial charge in [-0.1, -0.05) is 0 Å². The van der Waals surface area contributed by atoms with Gasteiger partial charge in [0.1, 0.15) is 10.7 Å². The van der Waals surface area contributed by atoms with Crippen LogP contribution in [0.5, 0.6) is 0 Å². The molecule has 0 atom stereocenters. The molecular weight excluding hydrogens is 192 g/mol. The monoisotopic (exact) mass is 196 g/mol. The molecule has 60 valence electrons. The Morgan fingerprint density at radius 1 is 1.42 bits per heavy atom. The van der Waals surface area contributed by atoms with Gasteiger partial charge in [0.2, 0.25) is 0 Å². The third-order valence-electron chi connectivity index (χ3n) is 1.29. The van der Waals surface area contributed by atoms with Gasteiger partial charge in [0.25, 0.3) is 0 Å². The van der Waals surface area contributed by atoms with Crippen LogP contribution >= 0.6 is 22.7 Å². The fraction of sp³-hybridized carbons (Fsp3) is 0. The van der Waals surface area contributed by atoms with Crippen molar-refractivity contribution in [2.24, 2.45) is 0 Å². The van der Waals surface area contributed by atoms with E-state index in [2.05, 4.69) is 9.97 Å². The highest BCUT2D eigenvalue weighted by Gasteiger charge is 2.04. The maximum Gasteiger partial charge on any atom is 0.169 e. The Labute approximate surface area is 76.7 Å². The van der Waals surface area contributed by atoms with Crippen molar-refractivity contribution in [3.05, 3.63) is 22.8 Å². The van der Waals surface area contributed by atoms with E-state index in [9.17, 15) is 4.79 Å². The normalized spacial score (nSPS) is 10.0. The molecule has 2 heterocycles. The van der Waals surface area contributed by atoms with Gasteiger partial charge in [-0.3, -0.25) is 9.78 Å². The Bertz CT molecular complexity index is 380. The molecule has 12 heavy (non-hydrogen) atoms. The molecule has 2 rings (SSSR count). The molecule has 5 heteroatoms. The van der Waals surface area contributed by atoms with Gasteiger partial charge in [-0.25, -0.2) is 4.98 Å². The molecule has 0 spiro atoms. The third-order valence-corrected chi connectivity index (χ3v) is 3.09. The topological polar surface area (TPSA) is 42.9 Å². The van der Waals surface area contributed by atoms with Gasteiger partial charge >= 0.3 is 0 Å². The Morgan fingerprint density at radius 2 is 2.33 bits per heavy atom. The van der Waals surface area contributed by atoms with Crippen molar-refractivity contribution in [3.63, 3.8) is 0 Å². The number of hydrogen-bond donors (Lipinski definition) is 0. The van der Waals surface area contributed by atoms with E-state index in [0.29, 0.717) is 5.69 Å². The molecule has 0 fully saturated rings. The summed E-state index contributed by atoms with van der Waals surface area (Å²) < 4.78 is 0. The number of aromatic nitrogens is 2. The van der Waals surface area contributed by atoms with Crippen molar-refractivity contribution in [2.45, 2.75) is 0 Å². The summed E-state index contributed by atoms with van der Waals surface area (Å²) in [7, 11) is 0. The molecule has 2 aromatic rings. The average Bonchev–Trinajstić information content (AvgIpc) is 2.75. The lowest BCUT2D eigenvalue weighted by atomic mass is 10.5. The smallest absolute Gasteiger partial charge is 0.169 e. The molecule has 0 radical (unpaired) electrons. The first-order valence-corrected chi connectivity index (χ1v) is 4.95. The third kappa shape index (κ3) is 1.28. The molecule has 0 aliphatic carbocycles. The summed E-state index contributed by atoms with van der Waals surface area (Å²) in [4.78, 5) is 19.4. The zero-order valence-electron chi connectivity index (χ0n) is 5.93. The minimum Gasteiger partial charge on any atom is -0.296 e. The van der Waals surface area contributed by atoms with Crippen LogP contribution in [0.4, 0.5) is 0 Å². The number of hydrogen-bond acceptors (Lipinski definition) is 5. The van der Waals surface area contributed by atoms with Gasteiger partial charge in [0, 0.05) is 11.6 Å². The highest BCUT2D eigenvalue weighted by atomic mass is 32.1. The van der Waals surface area contributed by atoms with E-state index in [4.69, 9.17) is 0 Å². The Kier molecular flexibility index (Phi) is 1.97. The van der Waals surface area contributed by atoms with Crippen molar-refractivity contribution >= 4 is 29.0 Å². The molecule has 0 amide bonds. The van der Waals surface area contributed by atoms with Crippen LogP contribution in [0, 0.1) is 0 Å². The molecule has 0 aromatic carbocycles. The van der Waals surface area contributed by atoms with Gasteiger partial charge in [0.15, 0.2) is 6.29 Å². The zero-order chi connectivity index (χ0) is 8.39. The van der Waals surface area contributed by atoms with Crippen LogP contribution in [0.3, 0.4) is 0 Å². The van der Waals surface area contributed by atoms with Crippen molar-refractivity contribution in [2.75, 3.05) is 0 Å². The summed E-state index contributed by atoms with van der Waals surface area (Å²) in [6, 6.07) is 0. The molecule has 2 aromatic heterocycles. The molecule has 0 saturated carbocycles. The molecule has 0 saturated heterocycles. The minimum absolute atomic E-state index is 0.489. The van der Waals surface area contributed by atoms with E-state index >= 15 is 0 Å². The van der Waals surface area contributed by atoms with Crippen molar-refractivity contribution in [1.29, 1.82) is 0 Å². The highest BCUT2D eigenvalue weighted by molar-refractivity contribution is 7.19. The van der Waals surface area contributed by atoms with E-state index < -0.39 is 0 Å². The average molecular weight is 196 g/mol. The summed E-state index contributed by atoms with van der Waals surface area (Å²) in [6.07, 6.45) is 2.50. The summed E-state index contributed by atoms with van der Waals surface area (Å²) in [6.45, 7) is 0. The molecular formula is C7H4N2OS2. The summed E-state index contributed by atoms with van der Waals surface area (Å²) in [5.41, 5.74) is 2.24. The zero-order valence-corrected chi connectivity index (χ0v) is 7.56. The number of carbonyl (C=O) groups excluding carboxylic acids is 1. The van der Waals surface area contributed by atoms with Crippen LogP contribution in [0.25, 0.3) is 9.88 Å². The van der Waals surface area contributed by atoms with Crippen molar-refractivity contribution in [3.8, 4) is 9.88 Å². The number of nitrogens with zero attached hydrogens (tertiary/aromatic N) is 2. The molecule has 0 aliphatic rings. The lowest BCUT2D eigenvalue weighted by Crippen LogP contribution is -1.77. The first kappa shape index (κ1) is 7.57. The first-order chi connectivity index (χ1) is 5.90. The fourth-order valence-electron chi connectivity index (χ4n) is 0.775. The molecule has 0 unspecified atom stereocenters. The van der Waals surface area contributed by atoms with E-state index in [1.54, 1.807) is 17.1 Å². The first-order valence-electron chi connectivity index (χ1n) is 3.19. The molecule has 0 N–H and O–H groups in total. The Hall–Kier alpha value is -1.07. The van der Waals surface area contributed by atoms with Crippen molar-refractivity contribution in [1.82, 2.24) is 9.97 Å². The predicted octanol–water partition coefficient (Wildman–Crippen LogP) is 2.08. The summed E-state index contributed by atoms with van der Waals surface area (Å²) in [5.74, 6) is 0. The van der Waals surface area contributed by atoms with Crippen molar-refractivity contribution < 1.29 is 4.79 Å². The summed E-state index contributed by atoms with van der Waals surface area (Å²) >= 11 is 2.98. The quantitative estimate of drug-likeness (QED) is 0.691. The van der Waals surface area contributed by atoms with Crippen LogP contribution in [-0.2, 0) is 0 Å². The lowest BCUT2D eigenvalue weighted by molar-refractivity contribution is 0.111. The van der Waals surface area contributed by atoms with Crippen LogP contribution in [-0.4, -0.2) is 16.3 Å². The predicted molar refractivity (Wildman–Crippen MR) is 48.6 cm³/mol. The van der Waals surface area contributed by atoms with Crippen LogP contribution in [0.15, 0.2) is 17.1 Å². The Balaban J connectivity index is 2.41. The van der Waals surface area contributed by atoms with Gasteiger partial charge in [-0.15, -0.1) is 22.7 Å². The minimum atomic E-state index is 0.489. The number of aldehydes is 1.